The van der Waals surface area contributed by atoms with Crippen LogP contribution in [0.4, 0.5) is 10.8 Å². The number of benzene rings is 1. The molecule has 3 heterocycles. The summed E-state index contributed by atoms with van der Waals surface area (Å²) in [4.78, 5) is 36.1. The molecular formula is C18H17Cl2N5O2S. The Morgan fingerprint density at radius 2 is 1.86 bits per heavy atom. The highest BCUT2D eigenvalue weighted by Gasteiger charge is 2.18. The lowest BCUT2D eigenvalue weighted by Crippen LogP contribution is -2.29. The summed E-state index contributed by atoms with van der Waals surface area (Å²) in [5.41, 5.74) is 0.619. The van der Waals surface area contributed by atoms with E-state index in [2.05, 4.69) is 20.2 Å². The van der Waals surface area contributed by atoms with Gasteiger partial charge in [-0.2, -0.15) is 4.98 Å². The molecule has 2 aromatic heterocycles. The predicted molar refractivity (Wildman–Crippen MR) is 113 cm³/mol. The van der Waals surface area contributed by atoms with E-state index in [-0.39, 0.29) is 18.0 Å². The number of amides is 1. The maximum absolute atomic E-state index is 12.8. The average Bonchev–Trinajstić information content (AvgIpc) is 3.09. The quantitative estimate of drug-likeness (QED) is 0.671. The van der Waals surface area contributed by atoms with Crippen molar-refractivity contribution >= 4 is 61.6 Å². The Kier molecular flexibility index (Phi) is 5.52. The number of fused-ring (bicyclic) bond motifs is 1. The van der Waals surface area contributed by atoms with Crippen molar-refractivity contribution in [2.45, 2.75) is 25.8 Å². The molecular weight excluding hydrogens is 421 g/mol. The molecule has 0 radical (unpaired) electrons. The van der Waals surface area contributed by atoms with Crippen molar-refractivity contribution < 1.29 is 4.79 Å². The largest absolute Gasteiger partial charge is 0.348 e. The predicted octanol–water partition coefficient (Wildman–Crippen LogP) is 3.79. The van der Waals surface area contributed by atoms with Crippen molar-refractivity contribution in [1.82, 2.24) is 14.5 Å². The fourth-order valence-corrected chi connectivity index (χ4v) is 4.70. The third-order valence-corrected chi connectivity index (χ3v) is 5.99. The van der Waals surface area contributed by atoms with Gasteiger partial charge in [0.05, 0.1) is 0 Å². The zero-order chi connectivity index (χ0) is 19.7. The van der Waals surface area contributed by atoms with Crippen LogP contribution in [0.15, 0.2) is 29.3 Å². The maximum atomic E-state index is 12.8. The number of carbonyl (C=O) groups excluding carboxylic acids is 1. The Balaban J connectivity index is 1.54. The second-order valence-corrected chi connectivity index (χ2v) is 8.43. The summed E-state index contributed by atoms with van der Waals surface area (Å²) in [5, 5.41) is 4.33. The molecule has 0 spiro atoms. The molecule has 4 rings (SSSR count). The Morgan fingerprint density at radius 3 is 2.57 bits per heavy atom. The lowest BCUT2D eigenvalue weighted by atomic mass is 10.1. The van der Waals surface area contributed by atoms with Crippen LogP contribution < -0.4 is 15.8 Å². The molecule has 0 unspecified atom stereocenters. The first-order chi connectivity index (χ1) is 13.5. The maximum Gasteiger partial charge on any atom is 0.273 e. The molecule has 3 aromatic rings. The van der Waals surface area contributed by atoms with Crippen LogP contribution in [0, 0.1) is 0 Å². The Bertz CT molecular complexity index is 1070. The van der Waals surface area contributed by atoms with E-state index in [1.165, 1.54) is 28.7 Å². The molecule has 1 amide bonds. The van der Waals surface area contributed by atoms with Gasteiger partial charge >= 0.3 is 0 Å². The molecule has 1 aromatic carbocycles. The number of hydrogen-bond donors (Lipinski definition) is 1. The van der Waals surface area contributed by atoms with Gasteiger partial charge in [0.1, 0.15) is 17.6 Å². The molecule has 10 heteroatoms. The van der Waals surface area contributed by atoms with Crippen LogP contribution in [0.2, 0.25) is 10.0 Å². The van der Waals surface area contributed by atoms with E-state index >= 15 is 0 Å². The molecule has 1 N–H and O–H groups in total. The van der Waals surface area contributed by atoms with Gasteiger partial charge in [-0.1, -0.05) is 34.5 Å². The minimum atomic E-state index is -0.373. The summed E-state index contributed by atoms with van der Waals surface area (Å²) in [5.74, 6) is -0.373. The van der Waals surface area contributed by atoms with Crippen LogP contribution in [0.5, 0.6) is 0 Å². The molecule has 1 fully saturated rings. The molecule has 146 valence electrons. The van der Waals surface area contributed by atoms with Crippen LogP contribution in [0.3, 0.4) is 0 Å². The van der Waals surface area contributed by atoms with Gasteiger partial charge in [-0.25, -0.2) is 4.98 Å². The van der Waals surface area contributed by atoms with Crippen LogP contribution in [-0.4, -0.2) is 33.5 Å². The summed E-state index contributed by atoms with van der Waals surface area (Å²) in [7, 11) is 0. The number of nitrogens with zero attached hydrogens (tertiary/aromatic N) is 4. The zero-order valence-corrected chi connectivity index (χ0v) is 17.1. The van der Waals surface area contributed by atoms with Crippen molar-refractivity contribution in [2.75, 3.05) is 23.3 Å². The summed E-state index contributed by atoms with van der Waals surface area (Å²) >= 11 is 13.2. The number of hydrogen-bond acceptors (Lipinski definition) is 6. The minimum Gasteiger partial charge on any atom is -0.348 e. The lowest BCUT2D eigenvalue weighted by Gasteiger charge is -2.25. The molecule has 28 heavy (non-hydrogen) atoms. The molecule has 1 aliphatic heterocycles. The van der Waals surface area contributed by atoms with Crippen molar-refractivity contribution in [3.05, 3.63) is 44.9 Å². The SMILES string of the molecule is O=C(Cn1cnc2nc(N3CCCCC3)sc2c1=O)Nc1cc(Cl)cc(Cl)c1. The van der Waals surface area contributed by atoms with E-state index in [0.29, 0.717) is 26.1 Å². The van der Waals surface area contributed by atoms with Gasteiger partial charge < -0.3 is 10.2 Å². The highest BCUT2D eigenvalue weighted by molar-refractivity contribution is 7.22. The molecule has 7 nitrogen and oxygen atoms in total. The molecule has 0 bridgehead atoms. The Morgan fingerprint density at radius 1 is 1.14 bits per heavy atom. The second-order valence-electron chi connectivity index (χ2n) is 6.58. The monoisotopic (exact) mass is 437 g/mol. The van der Waals surface area contributed by atoms with Gasteiger partial charge in [0.25, 0.3) is 5.56 Å². The Hall–Kier alpha value is -2.16. The fraction of sp³-hybridized carbons (Fsp3) is 0.333. The van der Waals surface area contributed by atoms with Crippen molar-refractivity contribution in [2.24, 2.45) is 0 Å². The van der Waals surface area contributed by atoms with Crippen molar-refractivity contribution in [3.63, 3.8) is 0 Å². The van der Waals surface area contributed by atoms with Gasteiger partial charge in [-0.05, 0) is 37.5 Å². The number of thiazole rings is 1. The number of anilines is 2. The zero-order valence-electron chi connectivity index (χ0n) is 14.8. The Labute approximate surface area is 174 Å². The van der Waals surface area contributed by atoms with Crippen LogP contribution >= 0.6 is 34.5 Å². The van der Waals surface area contributed by atoms with E-state index in [4.69, 9.17) is 23.2 Å². The summed E-state index contributed by atoms with van der Waals surface area (Å²) < 4.78 is 1.74. The smallest absolute Gasteiger partial charge is 0.273 e. The first-order valence-electron chi connectivity index (χ1n) is 8.86. The number of piperidine rings is 1. The number of carbonyl (C=O) groups is 1. The topological polar surface area (TPSA) is 80.1 Å². The minimum absolute atomic E-state index is 0.164. The standard InChI is InChI=1S/C18H17Cl2N5O2S/c19-11-6-12(20)8-13(7-11)22-14(26)9-25-10-21-16-15(17(25)27)28-18(23-16)24-4-2-1-3-5-24/h6-8,10H,1-5,9H2,(H,22,26). The summed E-state index contributed by atoms with van der Waals surface area (Å²) in [6.07, 6.45) is 4.83. The first kappa shape index (κ1) is 19.2. The molecule has 0 saturated carbocycles. The van der Waals surface area contributed by atoms with Gasteiger partial charge in [0, 0.05) is 28.8 Å². The van der Waals surface area contributed by atoms with Crippen molar-refractivity contribution in [1.29, 1.82) is 0 Å². The van der Waals surface area contributed by atoms with Crippen molar-refractivity contribution in [3.8, 4) is 0 Å². The number of nitrogens with one attached hydrogen (secondary N) is 1. The van der Waals surface area contributed by atoms with Crippen LogP contribution in [0.25, 0.3) is 10.3 Å². The summed E-state index contributed by atoms with van der Waals surface area (Å²) in [6.45, 7) is 1.72. The molecule has 0 aliphatic carbocycles. The van der Waals surface area contributed by atoms with Crippen LogP contribution in [-0.2, 0) is 11.3 Å². The highest BCUT2D eigenvalue weighted by atomic mass is 35.5. The van der Waals surface area contributed by atoms with Crippen LogP contribution in [0.1, 0.15) is 19.3 Å². The number of halogens is 2. The molecule has 0 atom stereocenters. The third-order valence-electron chi connectivity index (χ3n) is 4.46. The van der Waals surface area contributed by atoms with E-state index in [1.807, 2.05) is 0 Å². The van der Waals surface area contributed by atoms with E-state index in [9.17, 15) is 9.59 Å². The highest BCUT2D eigenvalue weighted by Crippen LogP contribution is 2.27. The normalized spacial score (nSPS) is 14.4. The van der Waals surface area contributed by atoms with Gasteiger partial charge in [-0.15, -0.1) is 0 Å². The number of rotatable bonds is 4. The van der Waals surface area contributed by atoms with E-state index in [0.717, 1.165) is 31.1 Å². The van der Waals surface area contributed by atoms with Gasteiger partial charge in [-0.3, -0.25) is 14.2 Å². The summed E-state index contributed by atoms with van der Waals surface area (Å²) in [6, 6.07) is 4.75. The second kappa shape index (κ2) is 8.06. The van der Waals surface area contributed by atoms with E-state index < -0.39 is 0 Å². The fourth-order valence-electron chi connectivity index (χ4n) is 3.15. The number of aromatic nitrogens is 3. The molecule has 1 aliphatic rings. The van der Waals surface area contributed by atoms with E-state index in [1.54, 1.807) is 18.2 Å². The van der Waals surface area contributed by atoms with Gasteiger partial charge in [0.2, 0.25) is 5.91 Å². The van der Waals surface area contributed by atoms with Gasteiger partial charge in [0.15, 0.2) is 10.8 Å². The average molecular weight is 438 g/mol. The lowest BCUT2D eigenvalue weighted by molar-refractivity contribution is -0.116. The molecule has 1 saturated heterocycles. The third kappa shape index (κ3) is 4.14. The first-order valence-corrected chi connectivity index (χ1v) is 10.4.